The van der Waals surface area contributed by atoms with E-state index >= 15 is 0 Å². The predicted molar refractivity (Wildman–Crippen MR) is 95.8 cm³/mol. The van der Waals surface area contributed by atoms with Crippen molar-refractivity contribution in [1.29, 1.82) is 0 Å². The van der Waals surface area contributed by atoms with Gasteiger partial charge >= 0.3 is 12.3 Å². The van der Waals surface area contributed by atoms with Gasteiger partial charge in [-0.05, 0) is 43.3 Å². The van der Waals surface area contributed by atoms with Crippen LogP contribution in [0.25, 0.3) is 27.6 Å². The van der Waals surface area contributed by atoms with Gasteiger partial charge < -0.3 is 18.8 Å². The third-order valence-corrected chi connectivity index (χ3v) is 4.43. The number of aryl methyl sites for hydroxylation is 1. The quantitative estimate of drug-likeness (QED) is 0.520. The van der Waals surface area contributed by atoms with Gasteiger partial charge in [-0.1, -0.05) is 0 Å². The minimum atomic E-state index is -4.78. The molecule has 0 aliphatic carbocycles. The summed E-state index contributed by atoms with van der Waals surface area (Å²) >= 11 is 0. The molecule has 0 radical (unpaired) electrons. The van der Waals surface area contributed by atoms with Gasteiger partial charge in [0.1, 0.15) is 11.3 Å². The van der Waals surface area contributed by atoms with Gasteiger partial charge in [0.25, 0.3) is 0 Å². The number of benzene rings is 2. The smallest absolute Gasteiger partial charge is 0.481 e. The Kier molecular flexibility index (Phi) is 4.06. The number of hydrogen-bond acceptors (Lipinski definition) is 3. The van der Waals surface area contributed by atoms with Crippen molar-refractivity contribution in [3.63, 3.8) is 0 Å². The van der Waals surface area contributed by atoms with Gasteiger partial charge in [0, 0.05) is 33.8 Å². The van der Waals surface area contributed by atoms with E-state index in [0.29, 0.717) is 27.7 Å². The first kappa shape index (κ1) is 18.0. The standard InChI is InChI=1S/C20H14F3NO4/c1-11-6-12-2-4-15(28-20(21,22)23)9-17(12)24(11)14-3-5-18-16(8-14)13(10-27-18)7-19(25)26/h2-6,8-10H,7H2,1H3,(H,25,26). The molecule has 0 bridgehead atoms. The van der Waals surface area contributed by atoms with Gasteiger partial charge in [-0.3, -0.25) is 4.79 Å². The van der Waals surface area contributed by atoms with Crippen molar-refractivity contribution >= 4 is 27.8 Å². The van der Waals surface area contributed by atoms with Crippen molar-refractivity contribution in [3.05, 3.63) is 60.0 Å². The molecule has 0 atom stereocenters. The summed E-state index contributed by atoms with van der Waals surface area (Å²) in [5.74, 6) is -1.29. The van der Waals surface area contributed by atoms with Gasteiger partial charge in [-0.2, -0.15) is 0 Å². The molecule has 4 rings (SSSR count). The highest BCUT2D eigenvalue weighted by atomic mass is 19.4. The molecule has 144 valence electrons. The summed E-state index contributed by atoms with van der Waals surface area (Å²) in [6.07, 6.45) is -3.56. The van der Waals surface area contributed by atoms with Crippen LogP contribution in [0.2, 0.25) is 0 Å². The summed E-state index contributed by atoms with van der Waals surface area (Å²) in [6.45, 7) is 1.84. The van der Waals surface area contributed by atoms with Crippen molar-refractivity contribution in [1.82, 2.24) is 4.57 Å². The first-order chi connectivity index (χ1) is 13.2. The molecule has 4 aromatic rings. The second-order valence-corrected chi connectivity index (χ2v) is 6.40. The molecule has 0 amide bonds. The Bertz CT molecular complexity index is 1200. The Morgan fingerprint density at radius 3 is 2.68 bits per heavy atom. The second-order valence-electron chi connectivity index (χ2n) is 6.40. The molecule has 2 aromatic heterocycles. The third kappa shape index (κ3) is 3.28. The third-order valence-electron chi connectivity index (χ3n) is 4.43. The highest BCUT2D eigenvalue weighted by Gasteiger charge is 2.31. The Morgan fingerprint density at radius 2 is 1.96 bits per heavy atom. The fourth-order valence-corrected chi connectivity index (χ4v) is 3.37. The van der Waals surface area contributed by atoms with Gasteiger partial charge in [0.05, 0.1) is 18.2 Å². The Morgan fingerprint density at radius 1 is 1.18 bits per heavy atom. The molecule has 1 N–H and O–H groups in total. The van der Waals surface area contributed by atoms with Crippen LogP contribution >= 0.6 is 0 Å². The minimum absolute atomic E-state index is 0.189. The van der Waals surface area contributed by atoms with Crippen LogP contribution in [0.1, 0.15) is 11.3 Å². The zero-order chi connectivity index (χ0) is 20.1. The van der Waals surface area contributed by atoms with Crippen molar-refractivity contribution in [2.45, 2.75) is 19.7 Å². The maximum absolute atomic E-state index is 12.6. The van der Waals surface area contributed by atoms with Crippen molar-refractivity contribution < 1.29 is 32.2 Å². The number of carboxylic acid groups (broad SMARTS) is 1. The zero-order valence-corrected chi connectivity index (χ0v) is 14.6. The Labute approximate surface area is 156 Å². The molecule has 0 saturated heterocycles. The number of nitrogens with zero attached hydrogens (tertiary/aromatic N) is 1. The molecular formula is C20H14F3NO4. The first-order valence-corrected chi connectivity index (χ1v) is 8.31. The second kappa shape index (κ2) is 6.33. The average Bonchev–Trinajstić information content (AvgIpc) is 3.12. The summed E-state index contributed by atoms with van der Waals surface area (Å²) in [5.41, 5.74) is 3.09. The molecular weight excluding hydrogens is 375 g/mol. The number of carboxylic acids is 1. The van der Waals surface area contributed by atoms with E-state index in [0.717, 1.165) is 11.1 Å². The summed E-state index contributed by atoms with van der Waals surface area (Å²) in [5, 5.41) is 10.5. The van der Waals surface area contributed by atoms with Gasteiger partial charge in [-0.25, -0.2) is 0 Å². The predicted octanol–water partition coefficient (Wildman–Crippen LogP) is 5.21. The minimum Gasteiger partial charge on any atom is -0.481 e. The van der Waals surface area contributed by atoms with Crippen LogP contribution in [0.15, 0.2) is 53.1 Å². The van der Waals surface area contributed by atoms with Gasteiger partial charge in [0.15, 0.2) is 0 Å². The molecule has 0 aliphatic rings. The lowest BCUT2D eigenvalue weighted by Gasteiger charge is -2.11. The number of rotatable bonds is 4. The maximum Gasteiger partial charge on any atom is 0.573 e. The summed E-state index contributed by atoms with van der Waals surface area (Å²) in [7, 11) is 0. The molecule has 8 heteroatoms. The summed E-state index contributed by atoms with van der Waals surface area (Å²) < 4.78 is 48.9. The number of aromatic nitrogens is 1. The monoisotopic (exact) mass is 389 g/mol. The maximum atomic E-state index is 12.6. The van der Waals surface area contributed by atoms with E-state index in [9.17, 15) is 18.0 Å². The summed E-state index contributed by atoms with van der Waals surface area (Å²) in [4.78, 5) is 11.1. The van der Waals surface area contributed by atoms with Gasteiger partial charge in [0.2, 0.25) is 0 Å². The van der Waals surface area contributed by atoms with Crippen LogP contribution in [0, 0.1) is 6.92 Å². The Hall–Kier alpha value is -3.42. The number of hydrogen-bond donors (Lipinski definition) is 1. The van der Waals surface area contributed by atoms with Crippen LogP contribution in [0.5, 0.6) is 5.75 Å². The number of aliphatic carboxylic acids is 1. The van der Waals surface area contributed by atoms with Crippen LogP contribution in [0.4, 0.5) is 13.2 Å². The zero-order valence-electron chi connectivity index (χ0n) is 14.6. The van der Waals surface area contributed by atoms with E-state index in [2.05, 4.69) is 4.74 Å². The van der Waals surface area contributed by atoms with Crippen LogP contribution in [0.3, 0.4) is 0 Å². The van der Waals surface area contributed by atoms with Gasteiger partial charge in [-0.15, -0.1) is 13.2 Å². The fraction of sp³-hybridized carbons (Fsp3) is 0.150. The van der Waals surface area contributed by atoms with Crippen LogP contribution < -0.4 is 4.74 Å². The van der Waals surface area contributed by atoms with Crippen molar-refractivity contribution in [3.8, 4) is 11.4 Å². The number of furan rings is 1. The molecule has 0 saturated carbocycles. The van der Waals surface area contributed by atoms with Crippen molar-refractivity contribution in [2.75, 3.05) is 0 Å². The molecule has 28 heavy (non-hydrogen) atoms. The fourth-order valence-electron chi connectivity index (χ4n) is 3.37. The lowest BCUT2D eigenvalue weighted by molar-refractivity contribution is -0.274. The highest BCUT2D eigenvalue weighted by molar-refractivity contribution is 5.89. The molecule has 2 aromatic carbocycles. The summed E-state index contributed by atoms with van der Waals surface area (Å²) in [6, 6.07) is 11.2. The van der Waals surface area contributed by atoms with E-state index in [1.54, 1.807) is 28.8 Å². The Balaban J connectivity index is 1.86. The van der Waals surface area contributed by atoms with Crippen molar-refractivity contribution in [2.24, 2.45) is 0 Å². The van der Waals surface area contributed by atoms with Crippen LogP contribution in [-0.4, -0.2) is 22.0 Å². The molecule has 0 unspecified atom stereocenters. The SMILES string of the molecule is Cc1cc2ccc(OC(F)(F)F)cc2n1-c1ccc2occ(CC(=O)O)c2c1. The first-order valence-electron chi connectivity index (χ1n) is 8.31. The molecule has 0 spiro atoms. The lowest BCUT2D eigenvalue weighted by Crippen LogP contribution is -2.17. The van der Waals surface area contributed by atoms with E-state index in [1.165, 1.54) is 18.4 Å². The molecule has 0 aliphatic heterocycles. The molecule has 5 nitrogen and oxygen atoms in total. The molecule has 0 fully saturated rings. The van der Waals surface area contributed by atoms with E-state index in [-0.39, 0.29) is 12.2 Å². The largest absolute Gasteiger partial charge is 0.573 e. The normalized spacial score (nSPS) is 12.0. The number of alkyl halides is 3. The number of carbonyl (C=O) groups is 1. The lowest BCUT2D eigenvalue weighted by atomic mass is 10.1. The highest BCUT2D eigenvalue weighted by Crippen LogP contribution is 2.32. The van der Waals surface area contributed by atoms with E-state index < -0.39 is 12.3 Å². The average molecular weight is 389 g/mol. The van der Waals surface area contributed by atoms with Crippen LogP contribution in [-0.2, 0) is 11.2 Å². The number of halogens is 3. The number of ether oxygens (including phenoxy) is 1. The topological polar surface area (TPSA) is 64.6 Å². The molecule has 2 heterocycles. The van der Waals surface area contributed by atoms with E-state index in [4.69, 9.17) is 9.52 Å². The number of fused-ring (bicyclic) bond motifs is 2. The van der Waals surface area contributed by atoms with E-state index in [1.807, 2.05) is 13.0 Å².